The maximum atomic E-state index is 11.5. The lowest BCUT2D eigenvalue weighted by molar-refractivity contribution is -0.118. The van der Waals surface area contributed by atoms with Gasteiger partial charge in [0.1, 0.15) is 12.0 Å². The smallest absolute Gasteiger partial charge is 0.262 e. The molecule has 2 aromatic rings. The zero-order valence-electron chi connectivity index (χ0n) is 9.75. The molecule has 0 unspecified atom stereocenters. The molecule has 0 spiro atoms. The Balaban J connectivity index is 1.89. The van der Waals surface area contributed by atoms with E-state index in [9.17, 15) is 4.79 Å². The first kappa shape index (κ1) is 12.0. The maximum absolute atomic E-state index is 11.5. The molecule has 0 radical (unpaired) electrons. The van der Waals surface area contributed by atoms with Gasteiger partial charge in [0.05, 0.1) is 13.3 Å². The summed E-state index contributed by atoms with van der Waals surface area (Å²) in [5.74, 6) is 0.792. The number of aromatic nitrogens is 1. The molecule has 0 bridgehead atoms. The van der Waals surface area contributed by atoms with Gasteiger partial charge < -0.3 is 19.3 Å². The van der Waals surface area contributed by atoms with Crippen LogP contribution in [0.25, 0.3) is 0 Å². The van der Waals surface area contributed by atoms with Crippen molar-refractivity contribution in [3.8, 4) is 11.5 Å². The van der Waals surface area contributed by atoms with Crippen LogP contribution in [0, 0.1) is 0 Å². The van der Waals surface area contributed by atoms with Gasteiger partial charge in [0.15, 0.2) is 18.1 Å². The van der Waals surface area contributed by atoms with Gasteiger partial charge in [-0.15, -0.1) is 0 Å². The predicted molar refractivity (Wildman–Crippen MR) is 63.6 cm³/mol. The third kappa shape index (κ3) is 3.00. The molecule has 18 heavy (non-hydrogen) atoms. The van der Waals surface area contributed by atoms with E-state index >= 15 is 0 Å². The summed E-state index contributed by atoms with van der Waals surface area (Å²) >= 11 is 0. The summed E-state index contributed by atoms with van der Waals surface area (Å²) in [7, 11) is 1.54. The summed E-state index contributed by atoms with van der Waals surface area (Å²) in [5.41, 5.74) is 0.489. The molecule has 1 amide bonds. The molecule has 1 aromatic heterocycles. The Labute approximate surface area is 103 Å². The van der Waals surface area contributed by atoms with Crippen molar-refractivity contribution in [1.82, 2.24) is 5.16 Å². The summed E-state index contributed by atoms with van der Waals surface area (Å²) < 4.78 is 15.0. The Hall–Kier alpha value is -2.50. The number of carbonyl (C=O) groups excluding carboxylic acids is 1. The van der Waals surface area contributed by atoms with E-state index in [1.807, 2.05) is 6.07 Å². The zero-order chi connectivity index (χ0) is 12.8. The Morgan fingerprint density at radius 1 is 1.39 bits per heavy atom. The van der Waals surface area contributed by atoms with Crippen LogP contribution in [0.4, 0.5) is 5.69 Å². The first-order valence-electron chi connectivity index (χ1n) is 5.24. The van der Waals surface area contributed by atoms with Gasteiger partial charge in [-0.1, -0.05) is 17.3 Å². The SMILES string of the molecule is COc1ccccc1OCC(=O)Nc1cnoc1. The summed E-state index contributed by atoms with van der Waals surface area (Å²) in [6.07, 6.45) is 2.74. The fraction of sp³-hybridized carbons (Fsp3) is 0.167. The highest BCUT2D eigenvalue weighted by atomic mass is 16.5. The van der Waals surface area contributed by atoms with Gasteiger partial charge in [0.25, 0.3) is 5.91 Å². The summed E-state index contributed by atoms with van der Waals surface area (Å²) in [4.78, 5) is 11.5. The van der Waals surface area contributed by atoms with E-state index in [4.69, 9.17) is 9.47 Å². The van der Waals surface area contributed by atoms with Gasteiger partial charge >= 0.3 is 0 Å². The maximum Gasteiger partial charge on any atom is 0.262 e. The van der Waals surface area contributed by atoms with Crippen LogP contribution in [0.1, 0.15) is 0 Å². The van der Waals surface area contributed by atoms with E-state index < -0.39 is 0 Å². The molecule has 0 saturated heterocycles. The Kier molecular flexibility index (Phi) is 3.80. The molecule has 0 aliphatic carbocycles. The molecule has 6 heteroatoms. The van der Waals surface area contributed by atoms with Crippen molar-refractivity contribution >= 4 is 11.6 Å². The van der Waals surface area contributed by atoms with E-state index in [1.165, 1.54) is 12.5 Å². The van der Waals surface area contributed by atoms with Crippen LogP contribution < -0.4 is 14.8 Å². The first-order valence-corrected chi connectivity index (χ1v) is 5.24. The molecular weight excluding hydrogens is 236 g/mol. The van der Waals surface area contributed by atoms with Gasteiger partial charge in [-0.3, -0.25) is 4.79 Å². The van der Waals surface area contributed by atoms with Gasteiger partial charge in [0, 0.05) is 0 Å². The normalized spacial score (nSPS) is 9.83. The van der Waals surface area contributed by atoms with Crippen LogP contribution in [0.5, 0.6) is 11.5 Å². The van der Waals surface area contributed by atoms with Crippen molar-refractivity contribution in [3.05, 3.63) is 36.7 Å². The van der Waals surface area contributed by atoms with Crippen LogP contribution >= 0.6 is 0 Å². The molecule has 1 N–H and O–H groups in total. The Morgan fingerprint density at radius 3 is 2.83 bits per heavy atom. The quantitative estimate of drug-likeness (QED) is 0.871. The second-order valence-corrected chi connectivity index (χ2v) is 3.40. The molecular formula is C12H12N2O4. The first-order chi connectivity index (χ1) is 8.79. The number of carbonyl (C=O) groups is 1. The average Bonchev–Trinajstić information content (AvgIpc) is 2.89. The minimum Gasteiger partial charge on any atom is -0.493 e. The predicted octanol–water partition coefficient (Wildman–Crippen LogP) is 1.70. The van der Waals surface area contributed by atoms with Crippen molar-refractivity contribution in [1.29, 1.82) is 0 Å². The van der Waals surface area contributed by atoms with Gasteiger partial charge in [-0.25, -0.2) is 0 Å². The molecule has 1 heterocycles. The number of amides is 1. The van der Waals surface area contributed by atoms with Gasteiger partial charge in [-0.05, 0) is 12.1 Å². The summed E-state index contributed by atoms with van der Waals surface area (Å²) in [6, 6.07) is 7.11. The highest BCUT2D eigenvalue weighted by molar-refractivity contribution is 5.91. The van der Waals surface area contributed by atoms with E-state index in [-0.39, 0.29) is 12.5 Å². The number of nitrogens with one attached hydrogen (secondary N) is 1. The van der Waals surface area contributed by atoms with Gasteiger partial charge in [-0.2, -0.15) is 0 Å². The number of anilines is 1. The van der Waals surface area contributed by atoms with Crippen LogP contribution in [-0.4, -0.2) is 24.8 Å². The zero-order valence-corrected chi connectivity index (χ0v) is 9.75. The monoisotopic (exact) mass is 248 g/mol. The molecule has 1 aromatic carbocycles. The number of benzene rings is 1. The number of rotatable bonds is 5. The van der Waals surface area contributed by atoms with Crippen molar-refractivity contribution in [2.45, 2.75) is 0 Å². The Bertz CT molecular complexity index is 511. The molecule has 0 aliphatic heterocycles. The fourth-order valence-corrected chi connectivity index (χ4v) is 1.35. The van der Waals surface area contributed by atoms with Crippen LogP contribution in [0.15, 0.2) is 41.2 Å². The summed E-state index contributed by atoms with van der Waals surface area (Å²) in [6.45, 7) is -0.119. The Morgan fingerprint density at radius 2 is 2.17 bits per heavy atom. The minimum atomic E-state index is -0.302. The molecule has 94 valence electrons. The number of nitrogens with zero attached hydrogens (tertiary/aromatic N) is 1. The van der Waals surface area contributed by atoms with Crippen molar-refractivity contribution < 1.29 is 18.8 Å². The second kappa shape index (κ2) is 5.72. The molecule has 0 fully saturated rings. The number of methoxy groups -OCH3 is 1. The van der Waals surface area contributed by atoms with Crippen LogP contribution in [-0.2, 0) is 4.79 Å². The topological polar surface area (TPSA) is 73.6 Å². The summed E-state index contributed by atoms with van der Waals surface area (Å²) in [5, 5.41) is 6.04. The third-order valence-electron chi connectivity index (χ3n) is 2.14. The molecule has 0 aliphatic rings. The lowest BCUT2D eigenvalue weighted by Gasteiger charge is -2.09. The lowest BCUT2D eigenvalue weighted by Crippen LogP contribution is -2.19. The average molecular weight is 248 g/mol. The van der Waals surface area contributed by atoms with Gasteiger partial charge in [0.2, 0.25) is 0 Å². The van der Waals surface area contributed by atoms with E-state index in [1.54, 1.807) is 25.3 Å². The largest absolute Gasteiger partial charge is 0.493 e. The number of ether oxygens (including phenoxy) is 2. The molecule has 2 rings (SSSR count). The fourth-order valence-electron chi connectivity index (χ4n) is 1.35. The standard InChI is InChI=1S/C12H12N2O4/c1-16-10-4-2-3-5-11(10)17-8-12(15)14-9-6-13-18-7-9/h2-7H,8H2,1H3,(H,14,15). The highest BCUT2D eigenvalue weighted by Gasteiger charge is 2.07. The van der Waals surface area contributed by atoms with E-state index in [0.29, 0.717) is 17.2 Å². The number of hydrogen-bond acceptors (Lipinski definition) is 5. The lowest BCUT2D eigenvalue weighted by atomic mass is 10.3. The minimum absolute atomic E-state index is 0.119. The van der Waals surface area contributed by atoms with Crippen LogP contribution in [0.2, 0.25) is 0 Å². The van der Waals surface area contributed by atoms with Crippen molar-refractivity contribution in [2.75, 3.05) is 19.0 Å². The van der Waals surface area contributed by atoms with E-state index in [2.05, 4.69) is 15.0 Å². The number of para-hydroxylation sites is 2. The van der Waals surface area contributed by atoms with E-state index in [0.717, 1.165) is 0 Å². The number of hydrogen-bond donors (Lipinski definition) is 1. The second-order valence-electron chi connectivity index (χ2n) is 3.40. The third-order valence-corrected chi connectivity index (χ3v) is 2.14. The highest BCUT2D eigenvalue weighted by Crippen LogP contribution is 2.25. The molecule has 6 nitrogen and oxygen atoms in total. The van der Waals surface area contributed by atoms with Crippen molar-refractivity contribution in [3.63, 3.8) is 0 Å². The van der Waals surface area contributed by atoms with Crippen LogP contribution in [0.3, 0.4) is 0 Å². The molecule has 0 atom stereocenters. The van der Waals surface area contributed by atoms with Crippen molar-refractivity contribution in [2.24, 2.45) is 0 Å². The molecule has 0 saturated carbocycles.